The molecule has 0 N–H and O–H groups in total. The number of aromatic nitrogens is 4. The van der Waals surface area contributed by atoms with Crippen LogP contribution in [-0.2, 0) is 21.3 Å². The second-order valence-corrected chi connectivity index (χ2v) is 8.91. The van der Waals surface area contributed by atoms with Crippen molar-refractivity contribution >= 4 is 10.0 Å². The molecule has 0 bridgehead atoms. The molecule has 4 rings (SSSR count). The number of aryl methyl sites for hydroxylation is 2. The van der Waals surface area contributed by atoms with E-state index in [0.717, 1.165) is 31.9 Å². The number of sulfonamides is 1. The molecule has 9 nitrogen and oxygen atoms in total. The van der Waals surface area contributed by atoms with Crippen LogP contribution >= 0.6 is 0 Å². The zero-order valence-electron chi connectivity index (χ0n) is 15.2. The Labute approximate surface area is 152 Å². The fourth-order valence-electron chi connectivity index (χ4n) is 3.91. The molecule has 0 spiro atoms. The molecule has 0 aromatic carbocycles. The summed E-state index contributed by atoms with van der Waals surface area (Å²) < 4.78 is 40.3. The number of nitrogens with zero attached hydrogens (tertiary/aromatic N) is 5. The third-order valence-corrected chi connectivity index (χ3v) is 7.23. The van der Waals surface area contributed by atoms with Gasteiger partial charge in [0, 0.05) is 31.7 Å². The molecule has 4 heterocycles. The predicted molar refractivity (Wildman–Crippen MR) is 91.1 cm³/mol. The topological polar surface area (TPSA) is 103 Å². The summed E-state index contributed by atoms with van der Waals surface area (Å²) in [7, 11) is -3.70. The quantitative estimate of drug-likeness (QED) is 0.794. The highest BCUT2D eigenvalue weighted by Crippen LogP contribution is 2.33. The zero-order chi connectivity index (χ0) is 18.5. The van der Waals surface area contributed by atoms with Gasteiger partial charge in [0.1, 0.15) is 22.2 Å². The van der Waals surface area contributed by atoms with Crippen molar-refractivity contribution in [3.05, 3.63) is 23.1 Å². The fraction of sp³-hybridized carbons (Fsp3) is 0.688. The number of fused-ring (bicyclic) bond motifs is 1. The Morgan fingerprint density at radius 3 is 2.54 bits per heavy atom. The SMILES string of the molecule is Cc1noc(C)c1S(=O)(=O)N1Cc2nnc(C3CCOCC3)n2[C@@H](C)C1. The molecule has 2 aromatic rings. The molecule has 0 unspecified atom stereocenters. The Morgan fingerprint density at radius 1 is 1.15 bits per heavy atom. The van der Waals surface area contributed by atoms with Crippen LogP contribution in [0.5, 0.6) is 0 Å². The second kappa shape index (κ2) is 6.43. The van der Waals surface area contributed by atoms with E-state index in [4.69, 9.17) is 9.26 Å². The molecule has 0 aliphatic carbocycles. The minimum Gasteiger partial charge on any atom is -0.381 e. The first kappa shape index (κ1) is 17.6. The van der Waals surface area contributed by atoms with Gasteiger partial charge in [0.2, 0.25) is 10.0 Å². The maximum absolute atomic E-state index is 13.1. The smallest absolute Gasteiger partial charge is 0.248 e. The lowest BCUT2D eigenvalue weighted by Gasteiger charge is -2.33. The van der Waals surface area contributed by atoms with Gasteiger partial charge in [-0.1, -0.05) is 5.16 Å². The number of hydrogen-bond donors (Lipinski definition) is 0. The fourth-order valence-corrected chi connectivity index (χ4v) is 5.68. The van der Waals surface area contributed by atoms with E-state index >= 15 is 0 Å². The molecular formula is C16H23N5O4S. The Balaban J connectivity index is 1.66. The van der Waals surface area contributed by atoms with Crippen molar-refractivity contribution < 1.29 is 17.7 Å². The van der Waals surface area contributed by atoms with Crippen molar-refractivity contribution in [1.82, 2.24) is 24.2 Å². The summed E-state index contributed by atoms with van der Waals surface area (Å²) in [6.07, 6.45) is 1.85. The summed E-state index contributed by atoms with van der Waals surface area (Å²) in [5, 5.41) is 12.5. The lowest BCUT2D eigenvalue weighted by molar-refractivity contribution is 0.0820. The van der Waals surface area contributed by atoms with E-state index < -0.39 is 10.0 Å². The van der Waals surface area contributed by atoms with E-state index in [-0.39, 0.29) is 17.5 Å². The molecule has 10 heteroatoms. The van der Waals surface area contributed by atoms with Crippen LogP contribution in [-0.4, -0.2) is 52.4 Å². The van der Waals surface area contributed by atoms with Gasteiger partial charge < -0.3 is 13.8 Å². The largest absolute Gasteiger partial charge is 0.381 e. The average Bonchev–Trinajstić information content (AvgIpc) is 3.19. The highest BCUT2D eigenvalue weighted by Gasteiger charge is 2.38. The molecule has 0 radical (unpaired) electrons. The molecule has 0 saturated carbocycles. The van der Waals surface area contributed by atoms with Crippen molar-refractivity contribution in [1.29, 1.82) is 0 Å². The maximum atomic E-state index is 13.1. The Hall–Kier alpha value is -1.78. The third-order valence-electron chi connectivity index (χ3n) is 5.17. The standard InChI is InChI=1S/C16H23N5O4S/c1-10-8-20(26(22,23)15-11(2)19-25-12(15)3)9-14-17-18-16(21(10)14)13-4-6-24-7-5-13/h10,13H,4-9H2,1-3H3/t10-/m0/s1. The summed E-state index contributed by atoms with van der Waals surface area (Å²) in [6, 6.07) is -0.0400. The molecule has 0 amide bonds. The van der Waals surface area contributed by atoms with Gasteiger partial charge in [-0.05, 0) is 33.6 Å². The van der Waals surface area contributed by atoms with E-state index in [1.807, 2.05) is 6.92 Å². The molecule has 2 aromatic heterocycles. The zero-order valence-corrected chi connectivity index (χ0v) is 16.0. The van der Waals surface area contributed by atoms with Crippen molar-refractivity contribution in [2.45, 2.75) is 57.0 Å². The van der Waals surface area contributed by atoms with Crippen molar-refractivity contribution in [2.75, 3.05) is 19.8 Å². The summed E-state index contributed by atoms with van der Waals surface area (Å²) in [5.74, 6) is 2.26. The normalized spacial score (nSPS) is 22.5. The monoisotopic (exact) mass is 381 g/mol. The Kier molecular flexibility index (Phi) is 4.36. The van der Waals surface area contributed by atoms with Gasteiger partial charge in [0.05, 0.1) is 6.54 Å². The number of hydrogen-bond acceptors (Lipinski definition) is 7. The highest BCUT2D eigenvalue weighted by molar-refractivity contribution is 7.89. The van der Waals surface area contributed by atoms with E-state index in [1.54, 1.807) is 13.8 Å². The summed E-state index contributed by atoms with van der Waals surface area (Å²) in [4.78, 5) is 0.155. The van der Waals surface area contributed by atoms with Gasteiger partial charge in [-0.15, -0.1) is 10.2 Å². The van der Waals surface area contributed by atoms with Gasteiger partial charge in [0.25, 0.3) is 0 Å². The van der Waals surface area contributed by atoms with Gasteiger partial charge >= 0.3 is 0 Å². The molecule has 142 valence electrons. The van der Waals surface area contributed by atoms with Crippen molar-refractivity contribution in [3.8, 4) is 0 Å². The van der Waals surface area contributed by atoms with Crippen LogP contribution in [0, 0.1) is 13.8 Å². The predicted octanol–water partition coefficient (Wildman–Crippen LogP) is 1.54. The molecule has 2 aliphatic rings. The first-order chi connectivity index (χ1) is 12.4. The second-order valence-electron chi connectivity index (χ2n) is 7.03. The molecule has 1 atom stereocenters. The van der Waals surface area contributed by atoms with E-state index in [9.17, 15) is 8.42 Å². The van der Waals surface area contributed by atoms with Gasteiger partial charge in [-0.2, -0.15) is 4.31 Å². The number of rotatable bonds is 3. The Morgan fingerprint density at radius 2 is 1.88 bits per heavy atom. The lowest BCUT2D eigenvalue weighted by Crippen LogP contribution is -2.41. The minimum atomic E-state index is -3.70. The van der Waals surface area contributed by atoms with Crippen LogP contribution in [0.1, 0.15) is 54.8 Å². The molecule has 1 saturated heterocycles. The average molecular weight is 381 g/mol. The van der Waals surface area contributed by atoms with Gasteiger partial charge in [-0.25, -0.2) is 8.42 Å². The molecule has 1 fully saturated rings. The van der Waals surface area contributed by atoms with Crippen molar-refractivity contribution in [3.63, 3.8) is 0 Å². The Bertz CT molecular complexity index is 894. The number of ether oxygens (including phenoxy) is 1. The lowest BCUT2D eigenvalue weighted by atomic mass is 9.99. The van der Waals surface area contributed by atoms with Crippen LogP contribution in [0.15, 0.2) is 9.42 Å². The van der Waals surface area contributed by atoms with Crippen LogP contribution < -0.4 is 0 Å². The summed E-state index contributed by atoms with van der Waals surface area (Å²) in [6.45, 7) is 7.29. The van der Waals surface area contributed by atoms with Crippen LogP contribution in [0.3, 0.4) is 0 Å². The minimum absolute atomic E-state index is 0.0400. The van der Waals surface area contributed by atoms with Crippen LogP contribution in [0.25, 0.3) is 0 Å². The van der Waals surface area contributed by atoms with E-state index in [2.05, 4.69) is 19.9 Å². The van der Waals surface area contributed by atoms with Crippen LogP contribution in [0.4, 0.5) is 0 Å². The molecule has 2 aliphatic heterocycles. The summed E-state index contributed by atoms with van der Waals surface area (Å²) in [5.41, 5.74) is 0.380. The summed E-state index contributed by atoms with van der Waals surface area (Å²) >= 11 is 0. The highest BCUT2D eigenvalue weighted by atomic mass is 32.2. The first-order valence-corrected chi connectivity index (χ1v) is 10.3. The maximum Gasteiger partial charge on any atom is 0.248 e. The van der Waals surface area contributed by atoms with Crippen molar-refractivity contribution in [2.24, 2.45) is 0 Å². The molecule has 26 heavy (non-hydrogen) atoms. The molecular weight excluding hydrogens is 358 g/mol. The third kappa shape index (κ3) is 2.76. The van der Waals surface area contributed by atoms with Gasteiger partial charge in [-0.3, -0.25) is 0 Å². The van der Waals surface area contributed by atoms with Gasteiger partial charge in [0.15, 0.2) is 5.76 Å². The van der Waals surface area contributed by atoms with E-state index in [0.29, 0.717) is 29.7 Å². The van der Waals surface area contributed by atoms with E-state index in [1.165, 1.54) is 4.31 Å². The van der Waals surface area contributed by atoms with Crippen LogP contribution in [0.2, 0.25) is 0 Å². The first-order valence-electron chi connectivity index (χ1n) is 8.84.